The Morgan fingerprint density at radius 3 is 3.00 bits per heavy atom. The van der Waals surface area contributed by atoms with Gasteiger partial charge in [-0.1, -0.05) is 6.07 Å². The van der Waals surface area contributed by atoms with Crippen molar-refractivity contribution >= 4 is 0 Å². The third-order valence-corrected chi connectivity index (χ3v) is 2.08. The first-order valence-corrected chi connectivity index (χ1v) is 5.17. The topological polar surface area (TPSA) is 34.2 Å². The summed E-state index contributed by atoms with van der Waals surface area (Å²) in [5.41, 5.74) is 2.08. The Morgan fingerprint density at radius 1 is 1.50 bits per heavy atom. The number of pyridine rings is 1. The van der Waals surface area contributed by atoms with Gasteiger partial charge >= 0.3 is 0 Å². The van der Waals surface area contributed by atoms with E-state index in [0.29, 0.717) is 13.1 Å². The minimum absolute atomic E-state index is 0.288. The third kappa shape index (κ3) is 5.14. The van der Waals surface area contributed by atoms with E-state index in [4.69, 9.17) is 4.74 Å². The predicted molar refractivity (Wildman–Crippen MR) is 57.5 cm³/mol. The lowest BCUT2D eigenvalue weighted by molar-refractivity contribution is 0.0187. The summed E-state index contributed by atoms with van der Waals surface area (Å²) in [6.45, 7) is 2.95. The van der Waals surface area contributed by atoms with E-state index in [1.54, 1.807) is 6.20 Å². The van der Waals surface area contributed by atoms with Gasteiger partial charge in [0.25, 0.3) is 6.43 Å². The molecule has 0 amide bonds. The van der Waals surface area contributed by atoms with Crippen LogP contribution in [0.4, 0.5) is 8.78 Å². The zero-order valence-electron chi connectivity index (χ0n) is 9.25. The molecule has 0 saturated carbocycles. The molecule has 1 N–H and O–H groups in total. The van der Waals surface area contributed by atoms with Gasteiger partial charge in [-0.15, -0.1) is 0 Å². The maximum absolute atomic E-state index is 11.7. The van der Waals surface area contributed by atoms with Crippen LogP contribution in [0.2, 0.25) is 0 Å². The number of aryl methyl sites for hydroxylation is 1. The molecule has 90 valence electrons. The van der Waals surface area contributed by atoms with Crippen molar-refractivity contribution in [1.29, 1.82) is 0 Å². The SMILES string of the molecule is Cc1cccnc1CNCCOCC(F)F. The number of alkyl halides is 2. The summed E-state index contributed by atoms with van der Waals surface area (Å²) in [5, 5.41) is 3.08. The zero-order valence-corrected chi connectivity index (χ0v) is 9.25. The van der Waals surface area contributed by atoms with Crippen molar-refractivity contribution in [3.05, 3.63) is 29.6 Å². The molecule has 0 fully saturated rings. The van der Waals surface area contributed by atoms with Gasteiger partial charge in [0.05, 0.1) is 12.3 Å². The summed E-state index contributed by atoms with van der Waals surface area (Å²) in [4.78, 5) is 4.20. The molecule has 0 spiro atoms. The maximum Gasteiger partial charge on any atom is 0.261 e. The van der Waals surface area contributed by atoms with Crippen LogP contribution in [0.15, 0.2) is 18.3 Å². The van der Waals surface area contributed by atoms with E-state index in [9.17, 15) is 8.78 Å². The van der Waals surface area contributed by atoms with Gasteiger partial charge in [-0.05, 0) is 18.6 Å². The molecule has 0 unspecified atom stereocenters. The quantitative estimate of drug-likeness (QED) is 0.725. The normalized spacial score (nSPS) is 11.0. The van der Waals surface area contributed by atoms with Crippen LogP contribution in [0.1, 0.15) is 11.3 Å². The Balaban J connectivity index is 2.10. The molecule has 0 aliphatic heterocycles. The second kappa shape index (κ2) is 7.24. The number of halogens is 2. The zero-order chi connectivity index (χ0) is 11.8. The van der Waals surface area contributed by atoms with Gasteiger partial charge in [0.2, 0.25) is 0 Å². The molecule has 5 heteroatoms. The Kier molecular flexibility index (Phi) is 5.88. The number of ether oxygens (including phenoxy) is 1. The van der Waals surface area contributed by atoms with Gasteiger partial charge in [0.15, 0.2) is 0 Å². The van der Waals surface area contributed by atoms with Gasteiger partial charge in [-0.2, -0.15) is 0 Å². The lowest BCUT2D eigenvalue weighted by atomic mass is 10.2. The predicted octanol–water partition coefficient (Wildman–Crippen LogP) is 1.76. The van der Waals surface area contributed by atoms with Crippen LogP contribution < -0.4 is 5.32 Å². The first kappa shape index (κ1) is 13.0. The van der Waals surface area contributed by atoms with Crippen molar-refractivity contribution in [2.24, 2.45) is 0 Å². The van der Waals surface area contributed by atoms with Crippen LogP contribution in [0.3, 0.4) is 0 Å². The van der Waals surface area contributed by atoms with Crippen LogP contribution in [0.5, 0.6) is 0 Å². The molecule has 0 bridgehead atoms. The molecular weight excluding hydrogens is 214 g/mol. The molecule has 0 atom stereocenters. The molecule has 0 aliphatic carbocycles. The summed E-state index contributed by atoms with van der Waals surface area (Å²) < 4.78 is 28.1. The standard InChI is InChI=1S/C11H16F2N2O/c1-9-3-2-4-15-10(9)7-14-5-6-16-8-11(12)13/h2-4,11,14H,5-8H2,1H3. The molecule has 0 aliphatic rings. The molecule has 0 radical (unpaired) electrons. The number of hydrogen-bond donors (Lipinski definition) is 1. The summed E-state index contributed by atoms with van der Waals surface area (Å²) in [6, 6.07) is 3.86. The number of nitrogens with zero attached hydrogens (tertiary/aromatic N) is 1. The van der Waals surface area contributed by atoms with Crippen LogP contribution in [-0.2, 0) is 11.3 Å². The molecule has 3 nitrogen and oxygen atoms in total. The fraction of sp³-hybridized carbons (Fsp3) is 0.545. The summed E-state index contributed by atoms with van der Waals surface area (Å²) in [7, 11) is 0. The van der Waals surface area contributed by atoms with E-state index < -0.39 is 13.0 Å². The lowest BCUT2D eigenvalue weighted by Gasteiger charge is -2.07. The van der Waals surface area contributed by atoms with E-state index >= 15 is 0 Å². The van der Waals surface area contributed by atoms with Crippen molar-refractivity contribution in [3.8, 4) is 0 Å². The summed E-state index contributed by atoms with van der Waals surface area (Å²) in [6.07, 6.45) is -0.657. The lowest BCUT2D eigenvalue weighted by Crippen LogP contribution is -2.21. The van der Waals surface area contributed by atoms with E-state index in [2.05, 4.69) is 10.3 Å². The molecule has 16 heavy (non-hydrogen) atoms. The average molecular weight is 230 g/mol. The molecule has 1 rings (SSSR count). The molecule has 1 aromatic rings. The number of hydrogen-bond acceptors (Lipinski definition) is 3. The van der Waals surface area contributed by atoms with Crippen LogP contribution in [-0.4, -0.2) is 31.2 Å². The molecule has 0 saturated heterocycles. The fourth-order valence-corrected chi connectivity index (χ4v) is 1.23. The Labute approximate surface area is 93.8 Å². The van der Waals surface area contributed by atoms with Crippen molar-refractivity contribution in [2.75, 3.05) is 19.8 Å². The Hall–Kier alpha value is -1.07. The highest BCUT2D eigenvalue weighted by Crippen LogP contribution is 2.01. The van der Waals surface area contributed by atoms with E-state index in [1.807, 2.05) is 19.1 Å². The minimum Gasteiger partial charge on any atom is -0.374 e. The number of aromatic nitrogens is 1. The van der Waals surface area contributed by atoms with Gasteiger partial charge in [-0.3, -0.25) is 4.98 Å². The highest BCUT2D eigenvalue weighted by atomic mass is 19.3. The first-order chi connectivity index (χ1) is 7.70. The Morgan fingerprint density at radius 2 is 2.31 bits per heavy atom. The molecule has 1 heterocycles. The highest BCUT2D eigenvalue weighted by Gasteiger charge is 2.01. The largest absolute Gasteiger partial charge is 0.374 e. The first-order valence-electron chi connectivity index (χ1n) is 5.17. The highest BCUT2D eigenvalue weighted by molar-refractivity contribution is 5.17. The van der Waals surface area contributed by atoms with Crippen LogP contribution in [0.25, 0.3) is 0 Å². The number of rotatable bonds is 7. The van der Waals surface area contributed by atoms with Crippen molar-refractivity contribution < 1.29 is 13.5 Å². The molecular formula is C11H16F2N2O. The van der Waals surface area contributed by atoms with Gasteiger partial charge in [0.1, 0.15) is 6.61 Å². The monoisotopic (exact) mass is 230 g/mol. The average Bonchev–Trinajstić information content (AvgIpc) is 2.25. The van der Waals surface area contributed by atoms with Gasteiger partial charge in [0, 0.05) is 19.3 Å². The van der Waals surface area contributed by atoms with Crippen molar-refractivity contribution in [2.45, 2.75) is 19.9 Å². The van der Waals surface area contributed by atoms with Gasteiger partial charge < -0.3 is 10.1 Å². The maximum atomic E-state index is 11.7. The van der Waals surface area contributed by atoms with Crippen molar-refractivity contribution in [3.63, 3.8) is 0 Å². The smallest absolute Gasteiger partial charge is 0.261 e. The van der Waals surface area contributed by atoms with E-state index in [-0.39, 0.29) is 6.61 Å². The Bertz CT molecular complexity index is 308. The van der Waals surface area contributed by atoms with Crippen LogP contribution >= 0.6 is 0 Å². The minimum atomic E-state index is -2.39. The molecule has 0 aromatic carbocycles. The summed E-state index contributed by atoms with van der Waals surface area (Å²) in [5.74, 6) is 0. The van der Waals surface area contributed by atoms with E-state index in [1.165, 1.54) is 0 Å². The number of nitrogens with one attached hydrogen (secondary N) is 1. The second-order valence-electron chi connectivity index (χ2n) is 3.41. The van der Waals surface area contributed by atoms with Crippen LogP contribution in [0, 0.1) is 6.92 Å². The summed E-state index contributed by atoms with van der Waals surface area (Å²) >= 11 is 0. The molecule has 1 aromatic heterocycles. The second-order valence-corrected chi connectivity index (χ2v) is 3.41. The fourth-order valence-electron chi connectivity index (χ4n) is 1.23. The third-order valence-electron chi connectivity index (χ3n) is 2.08. The van der Waals surface area contributed by atoms with E-state index in [0.717, 1.165) is 11.3 Å². The van der Waals surface area contributed by atoms with Crippen molar-refractivity contribution in [1.82, 2.24) is 10.3 Å². The van der Waals surface area contributed by atoms with Gasteiger partial charge in [-0.25, -0.2) is 8.78 Å².